The molecule has 0 aromatic heterocycles. The fourth-order valence-corrected chi connectivity index (χ4v) is 3.16. The number of carbonyl (C=O) groups excluding carboxylic acids is 1. The first-order valence-corrected chi connectivity index (χ1v) is 10.7. The van der Waals surface area contributed by atoms with Crippen LogP contribution in [0, 0.1) is 11.3 Å². The van der Waals surface area contributed by atoms with Crippen LogP contribution < -0.4 is 5.32 Å². The van der Waals surface area contributed by atoms with Crippen LogP contribution in [0.15, 0.2) is 0 Å². The first-order valence-electron chi connectivity index (χ1n) is 10.7. The summed E-state index contributed by atoms with van der Waals surface area (Å²) in [6, 6.07) is 0. The van der Waals surface area contributed by atoms with Gasteiger partial charge in [0, 0.05) is 13.0 Å². The van der Waals surface area contributed by atoms with Crippen LogP contribution in [0.2, 0.25) is 0 Å². The van der Waals surface area contributed by atoms with Crippen LogP contribution in [0.25, 0.3) is 0 Å². The van der Waals surface area contributed by atoms with E-state index in [-0.39, 0.29) is 11.3 Å². The molecule has 2 heteroatoms. The molecule has 0 aromatic carbocycles. The predicted octanol–water partition coefficient (Wildman–Crippen LogP) is 6.88. The standard InChI is InChI=1S/C22H45NO/c1-6-8-9-10-11-12-13-14-15-16-19-23-21(24)17-18-22(4,5)20(3)7-2/h20H,6-19H2,1-5H3,(H,23,24). The number of carbonyl (C=O) groups is 1. The van der Waals surface area contributed by atoms with Gasteiger partial charge in [-0.3, -0.25) is 4.79 Å². The third-order valence-electron chi connectivity index (χ3n) is 5.80. The van der Waals surface area contributed by atoms with E-state index in [9.17, 15) is 4.79 Å². The molecule has 24 heavy (non-hydrogen) atoms. The van der Waals surface area contributed by atoms with Crippen molar-refractivity contribution in [3.63, 3.8) is 0 Å². The summed E-state index contributed by atoms with van der Waals surface area (Å²) < 4.78 is 0. The molecule has 1 atom stereocenters. The Morgan fingerprint density at radius 3 is 1.88 bits per heavy atom. The van der Waals surface area contributed by atoms with Crippen LogP contribution in [0.1, 0.15) is 118 Å². The Labute approximate surface area is 152 Å². The van der Waals surface area contributed by atoms with Gasteiger partial charge in [-0.1, -0.05) is 98.8 Å². The quantitative estimate of drug-likeness (QED) is 0.305. The van der Waals surface area contributed by atoms with Gasteiger partial charge in [-0.2, -0.15) is 0 Å². The van der Waals surface area contributed by atoms with Crippen molar-refractivity contribution in [1.29, 1.82) is 0 Å². The van der Waals surface area contributed by atoms with Gasteiger partial charge in [-0.05, 0) is 24.2 Å². The highest BCUT2D eigenvalue weighted by Crippen LogP contribution is 2.33. The van der Waals surface area contributed by atoms with Gasteiger partial charge in [0.15, 0.2) is 0 Å². The highest BCUT2D eigenvalue weighted by Gasteiger charge is 2.24. The van der Waals surface area contributed by atoms with Crippen molar-refractivity contribution in [2.75, 3.05) is 6.54 Å². The number of unbranched alkanes of at least 4 members (excludes halogenated alkanes) is 9. The van der Waals surface area contributed by atoms with Gasteiger partial charge in [0.2, 0.25) is 5.91 Å². The van der Waals surface area contributed by atoms with Crippen LogP contribution in [0.5, 0.6) is 0 Å². The Balaban J connectivity index is 3.44. The van der Waals surface area contributed by atoms with E-state index in [0.717, 1.165) is 19.4 Å². The molecule has 0 aliphatic carbocycles. The maximum atomic E-state index is 11.9. The minimum Gasteiger partial charge on any atom is -0.356 e. The third-order valence-corrected chi connectivity index (χ3v) is 5.80. The fraction of sp³-hybridized carbons (Fsp3) is 0.955. The molecule has 0 rings (SSSR count). The van der Waals surface area contributed by atoms with E-state index >= 15 is 0 Å². The van der Waals surface area contributed by atoms with E-state index in [1.54, 1.807) is 0 Å². The Kier molecular flexibility index (Phi) is 14.5. The molecule has 2 nitrogen and oxygen atoms in total. The van der Waals surface area contributed by atoms with Gasteiger partial charge in [0.1, 0.15) is 0 Å². The fourth-order valence-electron chi connectivity index (χ4n) is 3.16. The lowest BCUT2D eigenvalue weighted by Crippen LogP contribution is -2.28. The number of amides is 1. The number of rotatable bonds is 16. The Hall–Kier alpha value is -0.530. The number of nitrogens with one attached hydrogen (secondary N) is 1. The van der Waals surface area contributed by atoms with Crippen molar-refractivity contribution in [2.24, 2.45) is 11.3 Å². The molecule has 0 saturated carbocycles. The summed E-state index contributed by atoms with van der Waals surface area (Å²) in [5.41, 5.74) is 0.267. The minimum absolute atomic E-state index is 0.238. The molecular weight excluding hydrogens is 294 g/mol. The van der Waals surface area contributed by atoms with Crippen molar-refractivity contribution >= 4 is 5.91 Å². The molecule has 0 saturated heterocycles. The van der Waals surface area contributed by atoms with Crippen molar-refractivity contribution in [1.82, 2.24) is 5.32 Å². The van der Waals surface area contributed by atoms with E-state index < -0.39 is 0 Å². The molecule has 1 amide bonds. The zero-order valence-electron chi connectivity index (χ0n) is 17.4. The average Bonchev–Trinajstić information content (AvgIpc) is 2.57. The SMILES string of the molecule is CCCCCCCCCCCCNC(=O)CCC(C)(C)C(C)CC. The van der Waals surface area contributed by atoms with E-state index in [1.807, 2.05) is 0 Å². The molecule has 0 aliphatic heterocycles. The second kappa shape index (κ2) is 14.8. The van der Waals surface area contributed by atoms with Gasteiger partial charge in [-0.15, -0.1) is 0 Å². The molecular formula is C22H45NO. The van der Waals surface area contributed by atoms with Crippen molar-refractivity contribution in [3.8, 4) is 0 Å². The first-order chi connectivity index (χ1) is 11.4. The summed E-state index contributed by atoms with van der Waals surface area (Å²) in [5.74, 6) is 0.912. The minimum atomic E-state index is 0.238. The van der Waals surface area contributed by atoms with Crippen LogP contribution in [-0.4, -0.2) is 12.5 Å². The maximum Gasteiger partial charge on any atom is 0.220 e. The molecule has 1 unspecified atom stereocenters. The Morgan fingerprint density at radius 2 is 1.38 bits per heavy atom. The van der Waals surface area contributed by atoms with Gasteiger partial charge in [0.25, 0.3) is 0 Å². The number of hydrogen-bond acceptors (Lipinski definition) is 1. The number of hydrogen-bond donors (Lipinski definition) is 1. The summed E-state index contributed by atoms with van der Waals surface area (Å²) in [6.45, 7) is 12.2. The van der Waals surface area contributed by atoms with Gasteiger partial charge < -0.3 is 5.32 Å². The molecule has 144 valence electrons. The normalized spacial score (nSPS) is 13.0. The average molecular weight is 340 g/mol. The molecule has 0 spiro atoms. The lowest BCUT2D eigenvalue weighted by Gasteiger charge is -2.31. The second-order valence-corrected chi connectivity index (χ2v) is 8.33. The van der Waals surface area contributed by atoms with Gasteiger partial charge >= 0.3 is 0 Å². The van der Waals surface area contributed by atoms with Crippen molar-refractivity contribution in [3.05, 3.63) is 0 Å². The highest BCUT2D eigenvalue weighted by molar-refractivity contribution is 5.75. The van der Waals surface area contributed by atoms with E-state index in [0.29, 0.717) is 12.3 Å². The Morgan fingerprint density at radius 1 is 0.875 bits per heavy atom. The van der Waals surface area contributed by atoms with E-state index in [2.05, 4.69) is 39.9 Å². The van der Waals surface area contributed by atoms with E-state index in [1.165, 1.54) is 64.2 Å². The van der Waals surface area contributed by atoms with Crippen molar-refractivity contribution < 1.29 is 4.79 Å². The van der Waals surface area contributed by atoms with Crippen LogP contribution in [0.4, 0.5) is 0 Å². The summed E-state index contributed by atoms with van der Waals surface area (Å²) in [6.07, 6.45) is 16.3. The maximum absolute atomic E-state index is 11.9. The molecule has 0 radical (unpaired) electrons. The summed E-state index contributed by atoms with van der Waals surface area (Å²) in [4.78, 5) is 11.9. The molecule has 0 aliphatic rings. The molecule has 1 N–H and O–H groups in total. The van der Waals surface area contributed by atoms with Gasteiger partial charge in [-0.25, -0.2) is 0 Å². The predicted molar refractivity (Wildman–Crippen MR) is 107 cm³/mol. The lowest BCUT2D eigenvalue weighted by atomic mass is 9.75. The zero-order chi connectivity index (χ0) is 18.3. The third kappa shape index (κ3) is 12.8. The van der Waals surface area contributed by atoms with Crippen LogP contribution in [-0.2, 0) is 4.79 Å². The molecule has 0 aromatic rings. The van der Waals surface area contributed by atoms with E-state index in [4.69, 9.17) is 0 Å². The Bertz CT molecular complexity index is 298. The molecule has 0 fully saturated rings. The van der Waals surface area contributed by atoms with Crippen molar-refractivity contribution in [2.45, 2.75) is 118 Å². The monoisotopic (exact) mass is 339 g/mol. The van der Waals surface area contributed by atoms with Crippen LogP contribution in [0.3, 0.4) is 0 Å². The van der Waals surface area contributed by atoms with Gasteiger partial charge in [0.05, 0.1) is 0 Å². The summed E-state index contributed by atoms with van der Waals surface area (Å²) in [5, 5.41) is 3.10. The first kappa shape index (κ1) is 23.5. The molecule has 0 bridgehead atoms. The zero-order valence-corrected chi connectivity index (χ0v) is 17.4. The molecule has 0 heterocycles. The topological polar surface area (TPSA) is 29.1 Å². The lowest BCUT2D eigenvalue weighted by molar-refractivity contribution is -0.121. The summed E-state index contributed by atoms with van der Waals surface area (Å²) in [7, 11) is 0. The smallest absolute Gasteiger partial charge is 0.220 e. The summed E-state index contributed by atoms with van der Waals surface area (Å²) >= 11 is 0. The second-order valence-electron chi connectivity index (χ2n) is 8.33. The largest absolute Gasteiger partial charge is 0.356 e. The van der Waals surface area contributed by atoms with Crippen LogP contribution >= 0.6 is 0 Å². The highest BCUT2D eigenvalue weighted by atomic mass is 16.1.